The molecule has 146 valence electrons. The van der Waals surface area contributed by atoms with E-state index in [1.54, 1.807) is 6.20 Å². The number of para-hydroxylation sites is 1. The molecule has 0 bridgehead atoms. The van der Waals surface area contributed by atoms with Crippen LogP contribution in [0.3, 0.4) is 0 Å². The van der Waals surface area contributed by atoms with Gasteiger partial charge in [0.1, 0.15) is 0 Å². The maximum absolute atomic E-state index is 6.53. The lowest BCUT2D eigenvalue weighted by atomic mass is 9.96. The van der Waals surface area contributed by atoms with E-state index in [9.17, 15) is 0 Å². The highest BCUT2D eigenvalue weighted by molar-refractivity contribution is 6.31. The van der Waals surface area contributed by atoms with Crippen molar-refractivity contribution < 1.29 is 9.47 Å². The van der Waals surface area contributed by atoms with Gasteiger partial charge in [0.2, 0.25) is 6.23 Å². The molecular weight excluding hydrogens is 386 g/mol. The molecular formula is C23H20ClN3O2. The number of pyridine rings is 1. The Bertz CT molecular complexity index is 1070. The van der Waals surface area contributed by atoms with Gasteiger partial charge in [0.25, 0.3) is 0 Å². The fourth-order valence-electron chi connectivity index (χ4n) is 3.94. The lowest BCUT2D eigenvalue weighted by Gasteiger charge is -2.39. The van der Waals surface area contributed by atoms with Crippen LogP contribution in [-0.2, 0) is 0 Å². The fraction of sp³-hybridized carbons (Fsp3) is 0.217. The number of benzene rings is 2. The molecule has 2 aliphatic rings. The van der Waals surface area contributed by atoms with E-state index in [0.29, 0.717) is 11.6 Å². The maximum Gasteiger partial charge on any atom is 0.215 e. The molecule has 2 aromatic carbocycles. The van der Waals surface area contributed by atoms with Crippen molar-refractivity contribution in [3.8, 4) is 11.5 Å². The molecule has 3 heterocycles. The number of hydrogen-bond acceptors (Lipinski definition) is 5. The third-order valence-electron chi connectivity index (χ3n) is 5.25. The molecule has 1 aromatic heterocycles. The number of halogens is 1. The van der Waals surface area contributed by atoms with Crippen molar-refractivity contribution in [1.82, 2.24) is 9.99 Å². The molecule has 0 saturated carbocycles. The minimum absolute atomic E-state index is 0.0376. The predicted molar refractivity (Wildman–Crippen MR) is 112 cm³/mol. The van der Waals surface area contributed by atoms with Crippen LogP contribution < -0.4 is 9.47 Å². The molecule has 0 unspecified atom stereocenters. The Morgan fingerprint density at radius 2 is 1.97 bits per heavy atom. The highest BCUT2D eigenvalue weighted by Crippen LogP contribution is 2.51. The monoisotopic (exact) mass is 405 g/mol. The van der Waals surface area contributed by atoms with Crippen LogP contribution in [0.25, 0.3) is 0 Å². The molecule has 5 nitrogen and oxygen atoms in total. The first-order valence-corrected chi connectivity index (χ1v) is 10.1. The van der Waals surface area contributed by atoms with E-state index >= 15 is 0 Å². The van der Waals surface area contributed by atoms with Crippen LogP contribution in [0, 0.1) is 0 Å². The first-order valence-electron chi connectivity index (χ1n) is 9.69. The summed E-state index contributed by atoms with van der Waals surface area (Å²) in [6.45, 7) is 2.54. The number of fused-ring (bicyclic) bond motifs is 3. The zero-order chi connectivity index (χ0) is 19.8. The molecule has 0 saturated heterocycles. The van der Waals surface area contributed by atoms with Gasteiger partial charge in [-0.1, -0.05) is 48.0 Å². The predicted octanol–water partition coefficient (Wildman–Crippen LogP) is 5.38. The van der Waals surface area contributed by atoms with E-state index in [1.807, 2.05) is 66.7 Å². The number of ether oxygens (including phenoxy) is 2. The summed E-state index contributed by atoms with van der Waals surface area (Å²) in [5.41, 5.74) is 3.95. The van der Waals surface area contributed by atoms with Crippen molar-refractivity contribution in [3.05, 3.63) is 88.7 Å². The van der Waals surface area contributed by atoms with Gasteiger partial charge in [-0.25, -0.2) is 5.01 Å². The molecule has 2 aliphatic heterocycles. The van der Waals surface area contributed by atoms with Gasteiger partial charge in [0.05, 0.1) is 18.4 Å². The number of hydrazone groups is 1. The number of aromatic nitrogens is 1. The van der Waals surface area contributed by atoms with Crippen LogP contribution in [0.15, 0.2) is 72.1 Å². The smallest absolute Gasteiger partial charge is 0.215 e. The Balaban J connectivity index is 1.64. The zero-order valence-electron chi connectivity index (χ0n) is 16.0. The molecule has 0 radical (unpaired) electrons. The van der Waals surface area contributed by atoms with Gasteiger partial charge in [-0.2, -0.15) is 5.10 Å². The Morgan fingerprint density at radius 1 is 1.10 bits per heavy atom. The van der Waals surface area contributed by atoms with Crippen molar-refractivity contribution in [2.24, 2.45) is 5.10 Å². The van der Waals surface area contributed by atoms with Gasteiger partial charge >= 0.3 is 0 Å². The Kier molecular flexibility index (Phi) is 4.60. The number of rotatable bonds is 4. The van der Waals surface area contributed by atoms with E-state index in [4.69, 9.17) is 26.2 Å². The summed E-state index contributed by atoms with van der Waals surface area (Å²) in [6, 6.07) is 17.8. The first kappa shape index (κ1) is 18.0. The molecule has 0 fully saturated rings. The number of hydrogen-bond donors (Lipinski definition) is 0. The first-order chi connectivity index (χ1) is 14.3. The largest absolute Gasteiger partial charge is 0.490 e. The molecule has 29 heavy (non-hydrogen) atoms. The van der Waals surface area contributed by atoms with E-state index < -0.39 is 6.23 Å². The topological polar surface area (TPSA) is 47.0 Å². The van der Waals surface area contributed by atoms with Crippen molar-refractivity contribution in [3.63, 3.8) is 0 Å². The second-order valence-corrected chi connectivity index (χ2v) is 7.39. The maximum atomic E-state index is 6.53. The molecule has 2 atom stereocenters. The minimum Gasteiger partial charge on any atom is -0.490 e. The molecule has 0 aliphatic carbocycles. The Labute approximate surface area is 174 Å². The Morgan fingerprint density at radius 3 is 2.76 bits per heavy atom. The SMILES string of the molecule is CCOc1cccc2c1O[C@@H](c1ccccc1Cl)N1N=C(c3cccnc3)C[C@H]21. The van der Waals surface area contributed by atoms with Crippen molar-refractivity contribution in [2.75, 3.05) is 6.61 Å². The van der Waals surface area contributed by atoms with Crippen LogP contribution in [0.2, 0.25) is 5.02 Å². The molecule has 3 aromatic rings. The quantitative estimate of drug-likeness (QED) is 0.585. The van der Waals surface area contributed by atoms with Gasteiger partial charge in [0.15, 0.2) is 11.5 Å². The van der Waals surface area contributed by atoms with Gasteiger partial charge in [-0.05, 0) is 25.1 Å². The van der Waals surface area contributed by atoms with Crippen molar-refractivity contribution >= 4 is 17.3 Å². The second-order valence-electron chi connectivity index (χ2n) is 6.99. The summed E-state index contributed by atoms with van der Waals surface area (Å²) in [5.74, 6) is 1.51. The van der Waals surface area contributed by atoms with Crippen molar-refractivity contribution in [2.45, 2.75) is 25.6 Å². The summed E-state index contributed by atoms with van der Waals surface area (Å²) >= 11 is 6.53. The van der Waals surface area contributed by atoms with Gasteiger partial charge < -0.3 is 9.47 Å². The summed E-state index contributed by atoms with van der Waals surface area (Å²) in [4.78, 5) is 4.25. The van der Waals surface area contributed by atoms with E-state index in [0.717, 1.165) is 40.3 Å². The zero-order valence-corrected chi connectivity index (χ0v) is 16.7. The average Bonchev–Trinajstić information content (AvgIpc) is 3.21. The fourth-order valence-corrected chi connectivity index (χ4v) is 4.17. The summed E-state index contributed by atoms with van der Waals surface area (Å²) in [7, 11) is 0. The van der Waals surface area contributed by atoms with Gasteiger partial charge in [0, 0.05) is 40.5 Å². The Hall–Kier alpha value is -3.05. The van der Waals surface area contributed by atoms with E-state index in [1.165, 1.54) is 0 Å². The summed E-state index contributed by atoms with van der Waals surface area (Å²) in [6.07, 6.45) is 3.95. The van der Waals surface area contributed by atoms with Gasteiger partial charge in [-0.15, -0.1) is 0 Å². The highest BCUT2D eigenvalue weighted by Gasteiger charge is 2.42. The van der Waals surface area contributed by atoms with Gasteiger partial charge in [-0.3, -0.25) is 4.98 Å². The third-order valence-corrected chi connectivity index (χ3v) is 5.59. The van der Waals surface area contributed by atoms with Crippen LogP contribution in [0.4, 0.5) is 0 Å². The lowest BCUT2D eigenvalue weighted by molar-refractivity contribution is -0.0211. The third kappa shape index (κ3) is 3.12. The van der Waals surface area contributed by atoms with Crippen LogP contribution in [-0.4, -0.2) is 22.3 Å². The summed E-state index contributed by atoms with van der Waals surface area (Å²) < 4.78 is 12.3. The van der Waals surface area contributed by atoms with Crippen LogP contribution >= 0.6 is 11.6 Å². The molecule has 0 amide bonds. The van der Waals surface area contributed by atoms with Crippen LogP contribution in [0.5, 0.6) is 11.5 Å². The molecule has 5 rings (SSSR count). The number of nitrogens with zero attached hydrogens (tertiary/aromatic N) is 3. The molecule has 0 N–H and O–H groups in total. The van der Waals surface area contributed by atoms with Crippen molar-refractivity contribution in [1.29, 1.82) is 0 Å². The summed E-state index contributed by atoms with van der Waals surface area (Å²) in [5, 5.41) is 7.61. The van der Waals surface area contributed by atoms with E-state index in [-0.39, 0.29) is 6.04 Å². The van der Waals surface area contributed by atoms with Crippen LogP contribution in [0.1, 0.15) is 42.3 Å². The van der Waals surface area contributed by atoms with E-state index in [2.05, 4.69) is 11.1 Å². The molecule has 6 heteroatoms. The lowest BCUT2D eigenvalue weighted by Crippen LogP contribution is -2.34. The highest BCUT2D eigenvalue weighted by atomic mass is 35.5. The normalized spacial score (nSPS) is 19.8. The average molecular weight is 406 g/mol. The minimum atomic E-state index is -0.433. The molecule has 0 spiro atoms. The standard InChI is InChI=1S/C23H20ClN3O2/c1-2-28-21-11-5-9-17-20-13-19(15-7-6-12-25-14-15)26-27(20)23(29-22(17)21)16-8-3-4-10-18(16)24/h3-12,14,20,23H,2,13H2,1H3/t20-,23+/m1/s1. The second kappa shape index (κ2) is 7.41.